The first kappa shape index (κ1) is 16.2. The van der Waals surface area contributed by atoms with Crippen LogP contribution in [-0.4, -0.2) is 33.1 Å². The van der Waals surface area contributed by atoms with E-state index in [2.05, 4.69) is 36.1 Å². The maximum Gasteiger partial charge on any atom is 0.133 e. The maximum absolute atomic E-state index is 9.89. The molecule has 2 aliphatic heterocycles. The van der Waals surface area contributed by atoms with Crippen LogP contribution < -0.4 is 0 Å². The fraction of sp³-hybridized carbons (Fsp3) is 0.625. The van der Waals surface area contributed by atoms with E-state index in [-0.39, 0.29) is 0 Å². The number of nitrogens with zero attached hydrogens (tertiary/aromatic N) is 3. The molecule has 0 spiro atoms. The summed E-state index contributed by atoms with van der Waals surface area (Å²) in [4.78, 5) is 4.59. The van der Waals surface area contributed by atoms with Gasteiger partial charge in [-0.2, -0.15) is 5.10 Å². The van der Waals surface area contributed by atoms with E-state index in [1.165, 1.54) is 0 Å². The molecule has 2 rings (SSSR count). The molecule has 2 aliphatic rings. The van der Waals surface area contributed by atoms with Crippen molar-refractivity contribution in [3.05, 3.63) is 23.5 Å². The average Bonchev–Trinajstić information content (AvgIpc) is 2.54. The molecule has 2 heterocycles. The number of fused-ring (bicyclic) bond motifs is 1. The highest BCUT2D eigenvalue weighted by Gasteiger charge is 2.27. The summed E-state index contributed by atoms with van der Waals surface area (Å²) in [7, 11) is 0. The number of hydrogen-bond donors (Lipinski definition) is 1. The van der Waals surface area contributed by atoms with Crippen molar-refractivity contribution in [2.45, 2.75) is 52.6 Å². The molecule has 0 aromatic rings. The molecule has 0 amide bonds. The summed E-state index contributed by atoms with van der Waals surface area (Å²) in [6, 6.07) is 0. The molecular weight excluding hydrogens is 286 g/mol. The van der Waals surface area contributed by atoms with Crippen molar-refractivity contribution < 1.29 is 5.11 Å². The molecular formula is C16H24ClN3O. The number of hydrogen-bond acceptors (Lipinski definition) is 4. The highest BCUT2D eigenvalue weighted by Crippen LogP contribution is 2.30. The molecule has 4 nitrogen and oxygen atoms in total. The molecule has 0 radical (unpaired) electrons. The molecule has 116 valence electrons. The number of hydrazone groups is 1. The van der Waals surface area contributed by atoms with E-state index in [0.29, 0.717) is 24.1 Å². The molecule has 1 unspecified atom stereocenters. The summed E-state index contributed by atoms with van der Waals surface area (Å²) >= 11 is 6.20. The number of aliphatic hydroxyl groups is 1. The van der Waals surface area contributed by atoms with Gasteiger partial charge in [-0.25, -0.2) is 5.01 Å². The smallest absolute Gasteiger partial charge is 0.133 e. The van der Waals surface area contributed by atoms with Gasteiger partial charge in [0, 0.05) is 12.1 Å². The molecule has 5 heteroatoms. The second kappa shape index (κ2) is 6.32. The van der Waals surface area contributed by atoms with E-state index < -0.39 is 5.60 Å². The van der Waals surface area contributed by atoms with Crippen LogP contribution in [-0.2, 0) is 0 Å². The van der Waals surface area contributed by atoms with Gasteiger partial charge in [0.15, 0.2) is 0 Å². The summed E-state index contributed by atoms with van der Waals surface area (Å²) in [5, 5.41) is 16.8. The van der Waals surface area contributed by atoms with Gasteiger partial charge in [0.2, 0.25) is 0 Å². The van der Waals surface area contributed by atoms with E-state index >= 15 is 0 Å². The van der Waals surface area contributed by atoms with Crippen molar-refractivity contribution in [2.24, 2.45) is 16.0 Å². The Morgan fingerprint density at radius 2 is 2.24 bits per heavy atom. The first-order valence-corrected chi connectivity index (χ1v) is 7.88. The van der Waals surface area contributed by atoms with Crippen LogP contribution in [0, 0.1) is 5.92 Å². The van der Waals surface area contributed by atoms with Gasteiger partial charge in [0.1, 0.15) is 5.17 Å². The van der Waals surface area contributed by atoms with Crippen LogP contribution in [0.15, 0.2) is 33.6 Å². The van der Waals surface area contributed by atoms with Gasteiger partial charge in [0.05, 0.1) is 23.6 Å². The van der Waals surface area contributed by atoms with Crippen LogP contribution >= 0.6 is 11.6 Å². The first-order chi connectivity index (χ1) is 9.80. The van der Waals surface area contributed by atoms with Crippen LogP contribution in [0.3, 0.4) is 0 Å². The Balaban J connectivity index is 2.39. The average molecular weight is 310 g/mol. The molecule has 1 N–H and O–H groups in total. The molecule has 0 fully saturated rings. The van der Waals surface area contributed by atoms with E-state index in [1.54, 1.807) is 13.8 Å². The number of rotatable bonds is 3. The molecule has 0 bridgehead atoms. The fourth-order valence-electron chi connectivity index (χ4n) is 2.43. The van der Waals surface area contributed by atoms with Crippen LogP contribution in [0.5, 0.6) is 0 Å². The van der Waals surface area contributed by atoms with Gasteiger partial charge in [-0.15, -0.1) is 0 Å². The van der Waals surface area contributed by atoms with Gasteiger partial charge in [-0.1, -0.05) is 37.6 Å². The summed E-state index contributed by atoms with van der Waals surface area (Å²) in [6.07, 6.45) is 6.82. The molecule has 1 atom stereocenters. The van der Waals surface area contributed by atoms with Gasteiger partial charge in [0.25, 0.3) is 0 Å². The fourth-order valence-corrected chi connectivity index (χ4v) is 2.63. The predicted molar refractivity (Wildman–Crippen MR) is 88.6 cm³/mol. The lowest BCUT2D eigenvalue weighted by Crippen LogP contribution is -2.31. The van der Waals surface area contributed by atoms with E-state index in [0.717, 1.165) is 29.9 Å². The van der Waals surface area contributed by atoms with Crippen LogP contribution in [0.25, 0.3) is 0 Å². The van der Waals surface area contributed by atoms with E-state index in [1.807, 2.05) is 5.01 Å². The third kappa shape index (κ3) is 4.17. The van der Waals surface area contributed by atoms with Crippen LogP contribution in [0.4, 0.5) is 0 Å². The molecule has 21 heavy (non-hydrogen) atoms. The lowest BCUT2D eigenvalue weighted by atomic mass is 10.1. The Morgan fingerprint density at radius 3 is 2.86 bits per heavy atom. The Kier molecular flexibility index (Phi) is 4.89. The Morgan fingerprint density at radius 1 is 1.52 bits per heavy atom. The van der Waals surface area contributed by atoms with Crippen molar-refractivity contribution >= 4 is 22.5 Å². The topological polar surface area (TPSA) is 48.2 Å². The van der Waals surface area contributed by atoms with Gasteiger partial charge < -0.3 is 5.11 Å². The minimum Gasteiger partial charge on any atom is -0.389 e. The Hall–Kier alpha value is -1.13. The highest BCUT2D eigenvalue weighted by atomic mass is 35.5. The number of allylic oxidation sites excluding steroid dienone is 4. The highest BCUT2D eigenvalue weighted by molar-refractivity contribution is 6.67. The lowest BCUT2D eigenvalue weighted by Gasteiger charge is -2.29. The normalized spacial score (nSPS) is 25.0. The quantitative estimate of drug-likeness (QED) is 0.864. The minimum atomic E-state index is -0.819. The van der Waals surface area contributed by atoms with Gasteiger partial charge >= 0.3 is 0 Å². The summed E-state index contributed by atoms with van der Waals surface area (Å²) < 4.78 is 0. The third-order valence-corrected chi connectivity index (χ3v) is 3.71. The summed E-state index contributed by atoms with van der Waals surface area (Å²) in [5.74, 6) is 0.475. The SMILES string of the molecule is CCC1=CC(C)CC=C2C(=NCC(C)(C)O)CC(Cl)=NN12. The monoisotopic (exact) mass is 309 g/mol. The zero-order valence-corrected chi connectivity index (χ0v) is 14.0. The van der Waals surface area contributed by atoms with Crippen molar-refractivity contribution in [1.82, 2.24) is 5.01 Å². The standard InChI is InChI=1S/C16H24ClN3O/c1-5-12-8-11(2)6-7-14-13(18-10-16(3,4)21)9-15(17)19-20(12)14/h7-8,11,21H,5-6,9-10H2,1-4H3. The zero-order valence-electron chi connectivity index (χ0n) is 13.2. The second-order valence-corrected chi connectivity index (χ2v) is 6.79. The molecule has 0 aliphatic carbocycles. The van der Waals surface area contributed by atoms with Crippen molar-refractivity contribution in [3.63, 3.8) is 0 Å². The van der Waals surface area contributed by atoms with Crippen LogP contribution in [0.2, 0.25) is 0 Å². The molecule has 0 aromatic heterocycles. The summed E-state index contributed by atoms with van der Waals surface area (Å²) in [5.41, 5.74) is 2.26. The molecule has 0 aromatic carbocycles. The molecule has 0 saturated heterocycles. The maximum atomic E-state index is 9.89. The number of aliphatic imine (C=N–C) groups is 1. The van der Waals surface area contributed by atoms with Gasteiger partial charge in [-0.3, -0.25) is 4.99 Å². The second-order valence-electron chi connectivity index (χ2n) is 6.35. The molecule has 0 saturated carbocycles. The lowest BCUT2D eigenvalue weighted by molar-refractivity contribution is 0.0904. The third-order valence-electron chi connectivity index (χ3n) is 3.50. The van der Waals surface area contributed by atoms with E-state index in [4.69, 9.17) is 11.6 Å². The Bertz CT molecular complexity index is 526. The Labute approximate surface area is 131 Å². The van der Waals surface area contributed by atoms with Crippen molar-refractivity contribution in [2.75, 3.05) is 6.54 Å². The zero-order chi connectivity index (χ0) is 15.6. The van der Waals surface area contributed by atoms with Gasteiger partial charge in [-0.05, 0) is 32.6 Å². The van der Waals surface area contributed by atoms with Crippen molar-refractivity contribution in [3.8, 4) is 0 Å². The predicted octanol–water partition coefficient (Wildman–Crippen LogP) is 3.67. The van der Waals surface area contributed by atoms with Crippen molar-refractivity contribution in [1.29, 1.82) is 0 Å². The minimum absolute atomic E-state index is 0.360. The largest absolute Gasteiger partial charge is 0.389 e. The number of halogens is 1. The van der Waals surface area contributed by atoms with Crippen LogP contribution in [0.1, 0.15) is 47.0 Å². The van der Waals surface area contributed by atoms with E-state index in [9.17, 15) is 5.11 Å². The summed E-state index contributed by atoms with van der Waals surface area (Å²) in [6.45, 7) is 8.19. The first-order valence-electron chi connectivity index (χ1n) is 7.50.